The molecule has 0 heterocycles. The molecular formula is C14H17NO4. The summed E-state index contributed by atoms with van der Waals surface area (Å²) >= 11 is 0. The molecule has 3 N–H and O–H groups in total. The highest BCUT2D eigenvalue weighted by molar-refractivity contribution is 6.07. The highest BCUT2D eigenvalue weighted by atomic mass is 16.5. The Balaban J connectivity index is 2.81. The normalized spacial score (nSPS) is 10.9. The molecule has 0 saturated carbocycles. The Labute approximate surface area is 111 Å². The van der Waals surface area contributed by atoms with Crippen molar-refractivity contribution in [1.82, 2.24) is 0 Å². The molecule has 1 rings (SSSR count). The minimum atomic E-state index is -1.17. The fourth-order valence-corrected chi connectivity index (χ4v) is 1.33. The van der Waals surface area contributed by atoms with Crippen LogP contribution in [0.15, 0.2) is 30.4 Å². The van der Waals surface area contributed by atoms with Gasteiger partial charge < -0.3 is 15.6 Å². The van der Waals surface area contributed by atoms with Crippen molar-refractivity contribution < 1.29 is 19.4 Å². The van der Waals surface area contributed by atoms with Gasteiger partial charge in [0.1, 0.15) is 5.75 Å². The second-order valence-electron chi connectivity index (χ2n) is 4.49. The second-order valence-corrected chi connectivity index (χ2v) is 4.49. The van der Waals surface area contributed by atoms with Crippen molar-refractivity contribution in [2.24, 2.45) is 5.92 Å². The van der Waals surface area contributed by atoms with Crippen LogP contribution in [-0.2, 0) is 4.79 Å². The molecule has 0 aliphatic heterocycles. The number of carboxylic acid groups (broad SMARTS) is 1. The van der Waals surface area contributed by atoms with Crippen LogP contribution in [0.5, 0.6) is 5.75 Å². The highest BCUT2D eigenvalue weighted by Crippen LogP contribution is 2.23. The van der Waals surface area contributed by atoms with Crippen LogP contribution in [0.2, 0.25) is 0 Å². The molecule has 0 radical (unpaired) electrons. The summed E-state index contributed by atoms with van der Waals surface area (Å²) in [5, 5.41) is 8.45. The Morgan fingerprint density at radius 1 is 1.37 bits per heavy atom. The fourth-order valence-electron chi connectivity index (χ4n) is 1.33. The maximum atomic E-state index is 11.6. The van der Waals surface area contributed by atoms with Gasteiger partial charge in [-0.2, -0.15) is 0 Å². The average molecular weight is 263 g/mol. The smallest absolute Gasteiger partial charge is 0.328 e. The molecule has 19 heavy (non-hydrogen) atoms. The van der Waals surface area contributed by atoms with Crippen molar-refractivity contribution in [3.63, 3.8) is 0 Å². The quantitative estimate of drug-likeness (QED) is 0.466. The number of nitrogen functional groups attached to an aromatic ring is 1. The van der Waals surface area contributed by atoms with Crippen LogP contribution >= 0.6 is 0 Å². The summed E-state index contributed by atoms with van der Waals surface area (Å²) in [6.45, 7) is 4.58. The van der Waals surface area contributed by atoms with Crippen LogP contribution in [-0.4, -0.2) is 23.5 Å². The zero-order chi connectivity index (χ0) is 14.4. The third-order valence-corrected chi connectivity index (χ3v) is 2.24. The molecule has 0 spiro atoms. The van der Waals surface area contributed by atoms with Crippen molar-refractivity contribution in [3.8, 4) is 5.75 Å². The molecule has 0 aliphatic carbocycles. The van der Waals surface area contributed by atoms with Gasteiger partial charge in [0.25, 0.3) is 0 Å². The first-order valence-electron chi connectivity index (χ1n) is 5.87. The summed E-state index contributed by atoms with van der Waals surface area (Å²) in [5.74, 6) is -0.686. The monoisotopic (exact) mass is 263 g/mol. The number of allylic oxidation sites excluding steroid dienone is 1. The number of anilines is 1. The van der Waals surface area contributed by atoms with E-state index < -0.39 is 11.8 Å². The topological polar surface area (TPSA) is 89.6 Å². The van der Waals surface area contributed by atoms with E-state index in [-0.39, 0.29) is 0 Å². The first-order chi connectivity index (χ1) is 8.90. The molecule has 0 saturated heterocycles. The Bertz CT molecular complexity index is 506. The van der Waals surface area contributed by atoms with E-state index in [4.69, 9.17) is 15.6 Å². The number of nitrogens with two attached hydrogens (primary N) is 1. The van der Waals surface area contributed by atoms with E-state index in [0.717, 1.165) is 12.2 Å². The van der Waals surface area contributed by atoms with Crippen molar-refractivity contribution in [1.29, 1.82) is 0 Å². The number of carbonyl (C=O) groups is 2. The summed E-state index contributed by atoms with van der Waals surface area (Å²) in [6.07, 6.45) is 1.79. The Hall–Kier alpha value is -2.30. The second kappa shape index (κ2) is 6.58. The zero-order valence-electron chi connectivity index (χ0n) is 10.9. The third-order valence-electron chi connectivity index (χ3n) is 2.24. The van der Waals surface area contributed by atoms with E-state index in [1.54, 1.807) is 12.1 Å². The lowest BCUT2D eigenvalue weighted by molar-refractivity contribution is -0.131. The van der Waals surface area contributed by atoms with E-state index in [1.165, 1.54) is 6.07 Å². The van der Waals surface area contributed by atoms with Gasteiger partial charge in [-0.3, -0.25) is 4.79 Å². The van der Waals surface area contributed by atoms with Gasteiger partial charge >= 0.3 is 5.97 Å². The van der Waals surface area contributed by atoms with Gasteiger partial charge in [-0.05, 0) is 30.2 Å². The van der Waals surface area contributed by atoms with Crippen molar-refractivity contribution in [2.45, 2.75) is 13.8 Å². The summed E-state index contributed by atoms with van der Waals surface area (Å²) in [4.78, 5) is 22.0. The number of rotatable bonds is 6. The number of carboxylic acids is 1. The van der Waals surface area contributed by atoms with Crippen LogP contribution in [0.1, 0.15) is 24.2 Å². The van der Waals surface area contributed by atoms with E-state index in [2.05, 4.69) is 0 Å². The average Bonchev–Trinajstić information content (AvgIpc) is 2.34. The first kappa shape index (κ1) is 14.8. The molecule has 1 aromatic rings. The van der Waals surface area contributed by atoms with E-state index in [9.17, 15) is 9.59 Å². The van der Waals surface area contributed by atoms with Gasteiger partial charge in [0.05, 0.1) is 12.3 Å². The molecular weight excluding hydrogens is 246 g/mol. The number of carbonyl (C=O) groups excluding carboxylic acids is 1. The molecule has 5 nitrogen and oxygen atoms in total. The number of hydrogen-bond acceptors (Lipinski definition) is 4. The van der Waals surface area contributed by atoms with Gasteiger partial charge in [-0.25, -0.2) is 4.79 Å². The van der Waals surface area contributed by atoms with Gasteiger partial charge in [-0.15, -0.1) is 0 Å². The molecule has 5 heteroatoms. The van der Waals surface area contributed by atoms with Crippen LogP contribution in [0.4, 0.5) is 5.69 Å². The molecule has 0 atom stereocenters. The lowest BCUT2D eigenvalue weighted by Gasteiger charge is -2.11. The molecule has 0 amide bonds. The fraction of sp³-hybridized carbons (Fsp3) is 0.286. The van der Waals surface area contributed by atoms with Crippen LogP contribution < -0.4 is 10.5 Å². The van der Waals surface area contributed by atoms with E-state index in [1.807, 2.05) is 13.8 Å². The Kier molecular flexibility index (Phi) is 5.11. The summed E-state index contributed by atoms with van der Waals surface area (Å²) < 4.78 is 5.48. The number of ether oxygens (including phenoxy) is 1. The lowest BCUT2D eigenvalue weighted by Crippen LogP contribution is -2.07. The number of ketones is 1. The van der Waals surface area contributed by atoms with Crippen molar-refractivity contribution >= 4 is 17.4 Å². The van der Waals surface area contributed by atoms with Crippen LogP contribution in [0.3, 0.4) is 0 Å². The summed E-state index contributed by atoms with van der Waals surface area (Å²) in [6, 6.07) is 4.64. The molecule has 0 aromatic heterocycles. The predicted octanol–water partition coefficient (Wildman–Crippen LogP) is 2.13. The van der Waals surface area contributed by atoms with Crippen LogP contribution in [0, 0.1) is 5.92 Å². The SMILES string of the molecule is CC(C)COc1ccc(C(=O)/C=C/C(=O)O)cc1N. The molecule has 0 bridgehead atoms. The minimum absolute atomic E-state index is 0.326. The largest absolute Gasteiger partial charge is 0.491 e. The maximum Gasteiger partial charge on any atom is 0.328 e. The summed E-state index contributed by atoms with van der Waals surface area (Å²) in [5.41, 5.74) is 6.47. The number of benzene rings is 1. The van der Waals surface area contributed by atoms with Gasteiger partial charge in [-0.1, -0.05) is 13.8 Å². The van der Waals surface area contributed by atoms with Gasteiger partial charge in [0.15, 0.2) is 5.78 Å². The van der Waals surface area contributed by atoms with Gasteiger partial charge in [0.2, 0.25) is 0 Å². The summed E-state index contributed by atoms with van der Waals surface area (Å²) in [7, 11) is 0. The standard InChI is InChI=1S/C14H17NO4/c1-9(2)8-19-13-5-3-10(7-11(13)15)12(16)4-6-14(17)18/h3-7,9H,8,15H2,1-2H3,(H,17,18)/b6-4+. The molecule has 1 aromatic carbocycles. The van der Waals surface area contributed by atoms with E-state index in [0.29, 0.717) is 29.5 Å². The number of hydrogen-bond donors (Lipinski definition) is 2. The zero-order valence-corrected chi connectivity index (χ0v) is 10.9. The Morgan fingerprint density at radius 2 is 2.05 bits per heavy atom. The molecule has 0 aliphatic rings. The van der Waals surface area contributed by atoms with Crippen molar-refractivity contribution in [2.75, 3.05) is 12.3 Å². The molecule has 0 fully saturated rings. The lowest BCUT2D eigenvalue weighted by atomic mass is 10.1. The van der Waals surface area contributed by atoms with Gasteiger partial charge in [0, 0.05) is 11.6 Å². The molecule has 102 valence electrons. The number of aliphatic carboxylic acids is 1. The maximum absolute atomic E-state index is 11.6. The third kappa shape index (κ3) is 4.83. The Morgan fingerprint density at radius 3 is 2.58 bits per heavy atom. The van der Waals surface area contributed by atoms with Crippen molar-refractivity contribution in [3.05, 3.63) is 35.9 Å². The molecule has 0 unspecified atom stereocenters. The highest BCUT2D eigenvalue weighted by Gasteiger charge is 2.07. The predicted molar refractivity (Wildman–Crippen MR) is 72.3 cm³/mol. The van der Waals surface area contributed by atoms with Crippen LogP contribution in [0.25, 0.3) is 0 Å². The first-order valence-corrected chi connectivity index (χ1v) is 5.87. The van der Waals surface area contributed by atoms with E-state index >= 15 is 0 Å². The minimum Gasteiger partial charge on any atom is -0.491 e.